The van der Waals surface area contributed by atoms with E-state index in [4.69, 9.17) is 12.2 Å². The number of para-hydroxylation sites is 1. The SMILES string of the molecule is OC[C@@H]1Cc2c([nH]c3ccccc23)CN1C(=S)SCc1cccs1. The van der Waals surface area contributed by atoms with E-state index in [1.54, 1.807) is 23.1 Å². The molecule has 4 rings (SSSR count). The van der Waals surface area contributed by atoms with Crippen LogP contribution in [0.4, 0.5) is 0 Å². The smallest absolute Gasteiger partial charge is 0.137 e. The second-order valence-electron chi connectivity index (χ2n) is 5.93. The van der Waals surface area contributed by atoms with Crippen LogP contribution in [0.15, 0.2) is 41.8 Å². The molecular weight excluding hydrogens is 356 g/mol. The van der Waals surface area contributed by atoms with Gasteiger partial charge in [0, 0.05) is 27.2 Å². The number of aliphatic hydroxyl groups is 1. The second kappa shape index (κ2) is 6.88. The molecule has 3 heterocycles. The minimum atomic E-state index is 0.0556. The van der Waals surface area contributed by atoms with Crippen molar-refractivity contribution in [2.45, 2.75) is 24.8 Å². The van der Waals surface area contributed by atoms with Crippen molar-refractivity contribution in [3.63, 3.8) is 0 Å². The number of thioether (sulfide) groups is 1. The van der Waals surface area contributed by atoms with Gasteiger partial charge >= 0.3 is 0 Å². The average molecular weight is 375 g/mol. The molecule has 0 spiro atoms. The first-order valence-electron chi connectivity index (χ1n) is 7.91. The van der Waals surface area contributed by atoms with Crippen LogP contribution in [-0.4, -0.2) is 32.0 Å². The van der Waals surface area contributed by atoms with Crippen LogP contribution in [0.2, 0.25) is 0 Å². The highest BCUT2D eigenvalue weighted by Crippen LogP contribution is 2.32. The lowest BCUT2D eigenvalue weighted by Crippen LogP contribution is -2.44. The Bertz CT molecular complexity index is 856. The third-order valence-electron chi connectivity index (χ3n) is 4.47. The van der Waals surface area contributed by atoms with Gasteiger partial charge in [-0.15, -0.1) is 11.3 Å². The molecule has 0 bridgehead atoms. The summed E-state index contributed by atoms with van der Waals surface area (Å²) < 4.78 is 0.867. The summed E-state index contributed by atoms with van der Waals surface area (Å²) in [7, 11) is 0. The molecule has 2 N–H and O–H groups in total. The fraction of sp³-hybridized carbons (Fsp3) is 0.278. The maximum Gasteiger partial charge on any atom is 0.137 e. The van der Waals surface area contributed by atoms with Gasteiger partial charge in [-0.05, 0) is 29.5 Å². The van der Waals surface area contributed by atoms with Crippen molar-refractivity contribution in [1.29, 1.82) is 0 Å². The summed E-state index contributed by atoms with van der Waals surface area (Å²) in [6, 6.07) is 12.6. The number of thiophene rings is 1. The Labute approximate surface area is 154 Å². The molecule has 2 aromatic heterocycles. The summed E-state index contributed by atoms with van der Waals surface area (Å²) in [4.78, 5) is 7.02. The number of nitrogens with zero attached hydrogens (tertiary/aromatic N) is 1. The van der Waals surface area contributed by atoms with Crippen LogP contribution < -0.4 is 0 Å². The number of aromatic nitrogens is 1. The van der Waals surface area contributed by atoms with Crippen LogP contribution in [0.25, 0.3) is 10.9 Å². The number of nitrogens with one attached hydrogen (secondary N) is 1. The Balaban J connectivity index is 1.56. The molecule has 0 fully saturated rings. The van der Waals surface area contributed by atoms with E-state index in [1.165, 1.54) is 21.5 Å². The number of thiocarbonyl (C=S) groups is 1. The molecule has 24 heavy (non-hydrogen) atoms. The number of hydrogen-bond acceptors (Lipinski definition) is 4. The number of aromatic amines is 1. The summed E-state index contributed by atoms with van der Waals surface area (Å²) in [5, 5.41) is 13.2. The van der Waals surface area contributed by atoms with Crippen LogP contribution in [0.1, 0.15) is 16.1 Å². The number of fused-ring (bicyclic) bond motifs is 3. The molecule has 3 aromatic rings. The van der Waals surface area contributed by atoms with E-state index in [1.807, 2.05) is 6.07 Å². The van der Waals surface area contributed by atoms with Crippen molar-refractivity contribution in [1.82, 2.24) is 9.88 Å². The van der Waals surface area contributed by atoms with Crippen LogP contribution in [0.3, 0.4) is 0 Å². The maximum absolute atomic E-state index is 9.88. The molecule has 1 atom stereocenters. The van der Waals surface area contributed by atoms with Gasteiger partial charge in [0.05, 0.1) is 19.2 Å². The monoisotopic (exact) mass is 374 g/mol. The van der Waals surface area contributed by atoms with Gasteiger partial charge in [-0.3, -0.25) is 0 Å². The summed E-state index contributed by atoms with van der Waals surface area (Å²) in [5.74, 6) is 0.894. The van der Waals surface area contributed by atoms with Gasteiger partial charge in [0.15, 0.2) is 0 Å². The highest BCUT2D eigenvalue weighted by atomic mass is 32.2. The zero-order valence-electron chi connectivity index (χ0n) is 13.1. The lowest BCUT2D eigenvalue weighted by Gasteiger charge is -2.36. The van der Waals surface area contributed by atoms with Crippen LogP contribution in [-0.2, 0) is 18.7 Å². The van der Waals surface area contributed by atoms with Gasteiger partial charge in [-0.1, -0.05) is 48.2 Å². The van der Waals surface area contributed by atoms with Gasteiger partial charge in [0.25, 0.3) is 0 Å². The summed E-state index contributed by atoms with van der Waals surface area (Å²) >= 11 is 9.11. The Morgan fingerprint density at radius 3 is 3.00 bits per heavy atom. The van der Waals surface area contributed by atoms with Crippen molar-refractivity contribution in [2.75, 3.05) is 6.61 Å². The molecule has 3 nitrogen and oxygen atoms in total. The van der Waals surface area contributed by atoms with E-state index in [0.29, 0.717) is 0 Å². The topological polar surface area (TPSA) is 39.3 Å². The fourth-order valence-electron chi connectivity index (χ4n) is 3.26. The normalized spacial score (nSPS) is 17.2. The van der Waals surface area contributed by atoms with Gasteiger partial charge in [-0.2, -0.15) is 0 Å². The molecule has 0 amide bonds. The third kappa shape index (κ3) is 2.99. The van der Waals surface area contributed by atoms with Gasteiger partial charge in [0.1, 0.15) is 4.32 Å². The predicted octanol–water partition coefficient (Wildman–Crippen LogP) is 4.17. The minimum absolute atomic E-state index is 0.0556. The fourth-order valence-corrected chi connectivity index (χ4v) is 5.33. The Kier molecular flexibility index (Phi) is 4.63. The standard InChI is InChI=1S/C18H18N2OS3/c21-10-12-8-15-14-5-1-2-6-16(14)19-17(15)9-20(12)18(22)24-11-13-4-3-7-23-13/h1-7,12,19,21H,8-11H2/t12-/m0/s1. The van der Waals surface area contributed by atoms with Crippen LogP contribution >= 0.6 is 35.3 Å². The number of H-pyrrole nitrogens is 1. The first kappa shape index (κ1) is 16.1. The van der Waals surface area contributed by atoms with E-state index >= 15 is 0 Å². The zero-order chi connectivity index (χ0) is 16.5. The Morgan fingerprint density at radius 1 is 1.33 bits per heavy atom. The predicted molar refractivity (Wildman–Crippen MR) is 107 cm³/mol. The highest BCUT2D eigenvalue weighted by molar-refractivity contribution is 8.22. The lowest BCUT2D eigenvalue weighted by molar-refractivity contribution is 0.169. The summed E-state index contributed by atoms with van der Waals surface area (Å²) in [6.07, 6.45) is 0.829. The molecule has 0 radical (unpaired) electrons. The van der Waals surface area contributed by atoms with Gasteiger partial charge in [-0.25, -0.2) is 0 Å². The third-order valence-corrected chi connectivity index (χ3v) is 7.06. The number of rotatable bonds is 3. The Hall–Kier alpha value is -1.34. The minimum Gasteiger partial charge on any atom is -0.394 e. The van der Waals surface area contributed by atoms with Crippen molar-refractivity contribution < 1.29 is 5.11 Å². The molecule has 1 aliphatic rings. The largest absolute Gasteiger partial charge is 0.394 e. The average Bonchev–Trinajstić information content (AvgIpc) is 3.25. The quantitative estimate of drug-likeness (QED) is 0.675. The number of benzene rings is 1. The first-order chi connectivity index (χ1) is 11.8. The number of aliphatic hydroxyl groups excluding tert-OH is 1. The van der Waals surface area contributed by atoms with Gasteiger partial charge < -0.3 is 15.0 Å². The molecular formula is C18H18N2OS3. The molecule has 1 aromatic carbocycles. The lowest BCUT2D eigenvalue weighted by atomic mass is 9.98. The van der Waals surface area contributed by atoms with Crippen molar-refractivity contribution in [2.24, 2.45) is 0 Å². The van der Waals surface area contributed by atoms with Crippen molar-refractivity contribution in [3.05, 3.63) is 57.9 Å². The second-order valence-corrected chi connectivity index (χ2v) is 8.57. The van der Waals surface area contributed by atoms with E-state index in [9.17, 15) is 5.11 Å². The summed E-state index contributed by atoms with van der Waals surface area (Å²) in [5.41, 5.74) is 3.71. The Morgan fingerprint density at radius 2 is 2.21 bits per heavy atom. The van der Waals surface area contributed by atoms with Crippen molar-refractivity contribution >= 4 is 50.5 Å². The van der Waals surface area contributed by atoms with Gasteiger partial charge in [0.2, 0.25) is 0 Å². The van der Waals surface area contributed by atoms with E-state index in [-0.39, 0.29) is 12.6 Å². The zero-order valence-corrected chi connectivity index (χ0v) is 15.5. The molecule has 124 valence electrons. The maximum atomic E-state index is 9.88. The summed E-state index contributed by atoms with van der Waals surface area (Å²) in [6.45, 7) is 0.865. The molecule has 0 saturated heterocycles. The highest BCUT2D eigenvalue weighted by Gasteiger charge is 2.30. The molecule has 6 heteroatoms. The first-order valence-corrected chi connectivity index (χ1v) is 10.2. The van der Waals surface area contributed by atoms with Crippen LogP contribution in [0, 0.1) is 0 Å². The van der Waals surface area contributed by atoms with E-state index in [0.717, 1.165) is 28.6 Å². The molecule has 0 saturated carbocycles. The number of hydrogen-bond donors (Lipinski definition) is 2. The van der Waals surface area contributed by atoms with Crippen LogP contribution in [0.5, 0.6) is 0 Å². The van der Waals surface area contributed by atoms with E-state index < -0.39 is 0 Å². The van der Waals surface area contributed by atoms with E-state index in [2.05, 4.69) is 45.6 Å². The molecule has 1 aliphatic heterocycles. The molecule has 0 unspecified atom stereocenters. The molecule has 0 aliphatic carbocycles. The van der Waals surface area contributed by atoms with Crippen molar-refractivity contribution in [3.8, 4) is 0 Å².